The molecule has 2 aromatic heterocycles. The topological polar surface area (TPSA) is 81.9 Å². The molecule has 0 saturated carbocycles. The van der Waals surface area contributed by atoms with E-state index in [9.17, 15) is 4.79 Å². The molecule has 1 N–H and O–H groups in total. The average molecular weight is 422 g/mol. The number of benzene rings is 2. The highest BCUT2D eigenvalue weighted by molar-refractivity contribution is 7.99. The molecule has 154 valence electrons. The molecule has 0 fully saturated rings. The van der Waals surface area contributed by atoms with Crippen LogP contribution < -0.4 is 10.1 Å². The van der Waals surface area contributed by atoms with Gasteiger partial charge in [-0.05, 0) is 31.5 Å². The molecule has 4 rings (SSSR count). The van der Waals surface area contributed by atoms with Crippen LogP contribution in [0.2, 0.25) is 0 Å². The molecule has 4 aromatic rings. The normalized spacial score (nSPS) is 11.1. The number of hydrogen-bond donors (Lipinski definition) is 1. The molecule has 0 atom stereocenters. The van der Waals surface area contributed by atoms with Crippen molar-refractivity contribution in [3.8, 4) is 5.75 Å². The van der Waals surface area contributed by atoms with Gasteiger partial charge in [0.25, 0.3) is 0 Å². The van der Waals surface area contributed by atoms with Gasteiger partial charge >= 0.3 is 0 Å². The Kier molecular flexibility index (Phi) is 6.13. The predicted octanol–water partition coefficient (Wildman–Crippen LogP) is 4.52. The first-order valence-electron chi connectivity index (χ1n) is 9.97. The molecule has 0 aliphatic rings. The second-order valence-corrected chi connectivity index (χ2v) is 7.64. The molecular formula is C22H23N5O2S. The van der Waals surface area contributed by atoms with E-state index in [0.29, 0.717) is 23.2 Å². The van der Waals surface area contributed by atoms with Crippen molar-refractivity contribution in [1.29, 1.82) is 0 Å². The maximum atomic E-state index is 12.4. The van der Waals surface area contributed by atoms with E-state index in [0.717, 1.165) is 35.0 Å². The smallest absolute Gasteiger partial charge is 0.234 e. The molecule has 0 bridgehead atoms. The minimum atomic E-state index is -0.148. The zero-order valence-electron chi connectivity index (χ0n) is 17.0. The quantitative estimate of drug-likeness (QED) is 0.421. The minimum absolute atomic E-state index is 0.148. The summed E-state index contributed by atoms with van der Waals surface area (Å²) in [7, 11) is 0. The van der Waals surface area contributed by atoms with Crippen LogP contribution in [0, 0.1) is 0 Å². The molecule has 0 radical (unpaired) electrons. The number of rotatable bonds is 8. The highest BCUT2D eigenvalue weighted by atomic mass is 32.2. The number of amides is 1. The van der Waals surface area contributed by atoms with Crippen LogP contribution in [0.5, 0.6) is 5.75 Å². The molecule has 1 amide bonds. The van der Waals surface area contributed by atoms with Crippen molar-refractivity contribution in [3.05, 3.63) is 48.5 Å². The SMILES string of the molecule is CCCn1c2ccccc2c2nnc(SCC(=O)Nc3ccccc3OCC)nc21. The average Bonchev–Trinajstić information content (AvgIpc) is 3.07. The molecule has 7 nitrogen and oxygen atoms in total. The third kappa shape index (κ3) is 4.09. The number of aryl methyl sites for hydroxylation is 1. The molecule has 0 unspecified atom stereocenters. The second kappa shape index (κ2) is 9.13. The third-order valence-electron chi connectivity index (χ3n) is 4.60. The molecule has 30 heavy (non-hydrogen) atoms. The first kappa shape index (κ1) is 20.2. The Balaban J connectivity index is 1.52. The summed E-state index contributed by atoms with van der Waals surface area (Å²) in [6, 6.07) is 15.5. The van der Waals surface area contributed by atoms with Gasteiger partial charge in [0.1, 0.15) is 11.3 Å². The first-order chi connectivity index (χ1) is 14.7. The summed E-state index contributed by atoms with van der Waals surface area (Å²) in [5, 5.41) is 13.1. The third-order valence-corrected chi connectivity index (χ3v) is 5.43. The van der Waals surface area contributed by atoms with E-state index in [1.54, 1.807) is 0 Å². The summed E-state index contributed by atoms with van der Waals surface area (Å²) < 4.78 is 7.72. The summed E-state index contributed by atoms with van der Waals surface area (Å²) in [5.74, 6) is 0.688. The lowest BCUT2D eigenvalue weighted by atomic mass is 10.2. The number of carbonyl (C=O) groups excluding carboxylic acids is 1. The van der Waals surface area contributed by atoms with Crippen LogP contribution in [0.1, 0.15) is 20.3 Å². The molecule has 0 saturated heterocycles. The Morgan fingerprint density at radius 3 is 2.73 bits per heavy atom. The van der Waals surface area contributed by atoms with Gasteiger partial charge in [0.05, 0.1) is 23.6 Å². The number of aromatic nitrogens is 4. The fourth-order valence-corrected chi connectivity index (χ4v) is 3.95. The number of carbonyl (C=O) groups is 1. The highest BCUT2D eigenvalue weighted by Crippen LogP contribution is 2.28. The van der Waals surface area contributed by atoms with Crippen molar-refractivity contribution in [2.45, 2.75) is 32.0 Å². The van der Waals surface area contributed by atoms with Gasteiger partial charge < -0.3 is 14.6 Å². The van der Waals surface area contributed by atoms with E-state index < -0.39 is 0 Å². The zero-order valence-corrected chi connectivity index (χ0v) is 17.8. The largest absolute Gasteiger partial charge is 0.492 e. The maximum Gasteiger partial charge on any atom is 0.234 e. The lowest BCUT2D eigenvalue weighted by Crippen LogP contribution is -2.15. The lowest BCUT2D eigenvalue weighted by Gasteiger charge is -2.10. The summed E-state index contributed by atoms with van der Waals surface area (Å²) in [4.78, 5) is 17.2. The van der Waals surface area contributed by atoms with E-state index in [1.165, 1.54) is 11.8 Å². The second-order valence-electron chi connectivity index (χ2n) is 6.70. The number of anilines is 1. The summed E-state index contributed by atoms with van der Waals surface area (Å²) in [5.41, 5.74) is 3.35. The lowest BCUT2D eigenvalue weighted by molar-refractivity contribution is -0.113. The van der Waals surface area contributed by atoms with Gasteiger partial charge in [-0.3, -0.25) is 4.79 Å². The van der Waals surface area contributed by atoms with E-state index in [-0.39, 0.29) is 11.7 Å². The Morgan fingerprint density at radius 2 is 1.90 bits per heavy atom. The summed E-state index contributed by atoms with van der Waals surface area (Å²) >= 11 is 1.27. The van der Waals surface area contributed by atoms with Crippen molar-refractivity contribution in [2.75, 3.05) is 17.7 Å². The highest BCUT2D eigenvalue weighted by Gasteiger charge is 2.15. The van der Waals surface area contributed by atoms with Crippen LogP contribution in [-0.2, 0) is 11.3 Å². The van der Waals surface area contributed by atoms with E-state index in [2.05, 4.69) is 33.1 Å². The number of nitrogens with one attached hydrogen (secondary N) is 1. The number of para-hydroxylation sites is 3. The Bertz CT molecular complexity index is 1190. The standard InChI is InChI=1S/C22H23N5O2S/c1-3-13-27-17-11-7-5-9-15(17)20-21(27)24-22(26-25-20)30-14-19(28)23-16-10-6-8-12-18(16)29-4-2/h5-12H,3-4,13-14H2,1-2H3,(H,23,28). The Morgan fingerprint density at radius 1 is 1.10 bits per heavy atom. The van der Waals surface area contributed by atoms with Crippen molar-refractivity contribution in [1.82, 2.24) is 19.7 Å². The van der Waals surface area contributed by atoms with Crippen molar-refractivity contribution in [3.63, 3.8) is 0 Å². The van der Waals surface area contributed by atoms with Gasteiger partial charge in [-0.15, -0.1) is 10.2 Å². The van der Waals surface area contributed by atoms with Gasteiger partial charge in [-0.1, -0.05) is 49.0 Å². The number of hydrogen-bond acceptors (Lipinski definition) is 6. The van der Waals surface area contributed by atoms with E-state index in [1.807, 2.05) is 49.4 Å². The predicted molar refractivity (Wildman–Crippen MR) is 120 cm³/mol. The van der Waals surface area contributed by atoms with Gasteiger partial charge in [0, 0.05) is 11.9 Å². The van der Waals surface area contributed by atoms with Gasteiger partial charge in [0.15, 0.2) is 5.65 Å². The summed E-state index contributed by atoms with van der Waals surface area (Å²) in [6.07, 6.45) is 0.988. The molecule has 0 aliphatic heterocycles. The Labute approximate surface area is 178 Å². The van der Waals surface area contributed by atoms with Crippen molar-refractivity contribution >= 4 is 45.4 Å². The number of thioether (sulfide) groups is 1. The number of fused-ring (bicyclic) bond motifs is 3. The summed E-state index contributed by atoms with van der Waals surface area (Å²) in [6.45, 7) is 5.43. The number of nitrogens with zero attached hydrogens (tertiary/aromatic N) is 4. The maximum absolute atomic E-state index is 12.4. The molecule has 2 aromatic carbocycles. The molecule has 8 heteroatoms. The van der Waals surface area contributed by atoms with Crippen LogP contribution in [0.4, 0.5) is 5.69 Å². The van der Waals surface area contributed by atoms with Crippen LogP contribution in [0.3, 0.4) is 0 Å². The number of ether oxygens (including phenoxy) is 1. The van der Waals surface area contributed by atoms with Crippen LogP contribution in [0.15, 0.2) is 53.7 Å². The molecule has 0 spiro atoms. The van der Waals surface area contributed by atoms with Crippen molar-refractivity contribution in [2.24, 2.45) is 0 Å². The first-order valence-corrected chi connectivity index (χ1v) is 11.0. The monoisotopic (exact) mass is 421 g/mol. The van der Waals surface area contributed by atoms with Gasteiger partial charge in [-0.25, -0.2) is 4.98 Å². The van der Waals surface area contributed by atoms with E-state index in [4.69, 9.17) is 9.72 Å². The van der Waals surface area contributed by atoms with Crippen LogP contribution in [0.25, 0.3) is 22.1 Å². The molecular weight excluding hydrogens is 398 g/mol. The zero-order chi connectivity index (χ0) is 20.9. The molecule has 2 heterocycles. The van der Waals surface area contributed by atoms with Crippen LogP contribution in [-0.4, -0.2) is 38.0 Å². The fraction of sp³-hybridized carbons (Fsp3) is 0.273. The van der Waals surface area contributed by atoms with E-state index >= 15 is 0 Å². The van der Waals surface area contributed by atoms with Gasteiger partial charge in [0.2, 0.25) is 11.1 Å². The fourth-order valence-electron chi connectivity index (χ4n) is 3.37. The van der Waals surface area contributed by atoms with Crippen molar-refractivity contribution < 1.29 is 9.53 Å². The van der Waals surface area contributed by atoms with Gasteiger partial charge in [-0.2, -0.15) is 0 Å². The Hall–Kier alpha value is -3.13. The molecule has 0 aliphatic carbocycles. The van der Waals surface area contributed by atoms with Crippen LogP contribution >= 0.6 is 11.8 Å². The minimum Gasteiger partial charge on any atom is -0.492 e.